The van der Waals surface area contributed by atoms with E-state index >= 15 is 0 Å². The van der Waals surface area contributed by atoms with Gasteiger partial charge in [-0.25, -0.2) is 8.78 Å². The van der Waals surface area contributed by atoms with Crippen LogP contribution in [0.25, 0.3) is 0 Å². The first-order valence-corrected chi connectivity index (χ1v) is 4.53. The molecular formula is C10H14F2N2. The Morgan fingerprint density at radius 1 is 1.43 bits per heavy atom. The van der Waals surface area contributed by atoms with E-state index in [1.165, 1.54) is 6.92 Å². The first kappa shape index (κ1) is 11.0. The molecular weight excluding hydrogens is 186 g/mol. The van der Waals surface area contributed by atoms with Crippen molar-refractivity contribution >= 4 is 0 Å². The van der Waals surface area contributed by atoms with E-state index in [4.69, 9.17) is 0 Å². The molecule has 2 nitrogen and oxygen atoms in total. The van der Waals surface area contributed by atoms with E-state index in [0.29, 0.717) is 6.54 Å². The highest BCUT2D eigenvalue weighted by Crippen LogP contribution is 2.02. The fraction of sp³-hybridized carbons (Fsp3) is 0.500. The van der Waals surface area contributed by atoms with Crippen LogP contribution < -0.4 is 5.32 Å². The summed E-state index contributed by atoms with van der Waals surface area (Å²) in [6.45, 7) is 3.72. The van der Waals surface area contributed by atoms with E-state index in [1.807, 2.05) is 25.1 Å². The molecule has 14 heavy (non-hydrogen) atoms. The lowest BCUT2D eigenvalue weighted by Crippen LogP contribution is -2.32. The normalized spacial score (nSPS) is 13.2. The van der Waals surface area contributed by atoms with Crippen molar-refractivity contribution in [2.45, 2.75) is 32.9 Å². The molecule has 0 bridgehead atoms. The number of nitrogens with one attached hydrogen (secondary N) is 1. The Labute approximate surface area is 82.4 Å². The highest BCUT2D eigenvalue weighted by Gasteiger charge is 2.13. The van der Waals surface area contributed by atoms with Crippen LogP contribution in [-0.2, 0) is 6.54 Å². The largest absolute Gasteiger partial charge is 0.303 e. The molecule has 0 saturated heterocycles. The summed E-state index contributed by atoms with van der Waals surface area (Å²) in [5, 5.41) is 2.71. The van der Waals surface area contributed by atoms with E-state index in [9.17, 15) is 8.78 Å². The average molecular weight is 200 g/mol. The second-order valence-corrected chi connectivity index (χ2v) is 3.27. The number of aryl methyl sites for hydroxylation is 1. The fourth-order valence-electron chi connectivity index (χ4n) is 1.05. The molecule has 1 atom stereocenters. The summed E-state index contributed by atoms with van der Waals surface area (Å²) in [6.07, 6.45) is -2.33. The number of hydrogen-bond donors (Lipinski definition) is 1. The molecule has 0 saturated carbocycles. The Kier molecular flexibility index (Phi) is 3.95. The van der Waals surface area contributed by atoms with Gasteiger partial charge in [0.25, 0.3) is 6.43 Å². The predicted octanol–water partition coefficient (Wildman–Crippen LogP) is 2.13. The highest BCUT2D eigenvalue weighted by molar-refractivity contribution is 5.09. The van der Waals surface area contributed by atoms with Crippen molar-refractivity contribution in [2.24, 2.45) is 0 Å². The molecule has 0 radical (unpaired) electrons. The van der Waals surface area contributed by atoms with Crippen LogP contribution in [0.15, 0.2) is 18.2 Å². The van der Waals surface area contributed by atoms with Gasteiger partial charge >= 0.3 is 0 Å². The van der Waals surface area contributed by atoms with E-state index in [-0.39, 0.29) is 0 Å². The minimum atomic E-state index is -2.33. The molecule has 1 rings (SSSR count). The zero-order chi connectivity index (χ0) is 10.6. The molecule has 1 aromatic heterocycles. The van der Waals surface area contributed by atoms with Gasteiger partial charge in [0.15, 0.2) is 0 Å². The van der Waals surface area contributed by atoms with Crippen LogP contribution in [0.2, 0.25) is 0 Å². The number of nitrogens with zero attached hydrogens (tertiary/aromatic N) is 1. The molecule has 0 aliphatic carbocycles. The van der Waals surface area contributed by atoms with Crippen molar-refractivity contribution in [1.29, 1.82) is 0 Å². The second-order valence-electron chi connectivity index (χ2n) is 3.27. The van der Waals surface area contributed by atoms with Gasteiger partial charge in [-0.05, 0) is 26.0 Å². The quantitative estimate of drug-likeness (QED) is 0.805. The monoisotopic (exact) mass is 200 g/mol. The minimum Gasteiger partial charge on any atom is -0.303 e. The number of pyridine rings is 1. The van der Waals surface area contributed by atoms with Gasteiger partial charge in [0.05, 0.1) is 11.7 Å². The third-order valence-corrected chi connectivity index (χ3v) is 1.93. The van der Waals surface area contributed by atoms with Crippen molar-refractivity contribution in [3.05, 3.63) is 29.6 Å². The van der Waals surface area contributed by atoms with Crippen LogP contribution in [0.4, 0.5) is 8.78 Å². The molecule has 1 unspecified atom stereocenters. The zero-order valence-corrected chi connectivity index (χ0v) is 8.30. The number of aromatic nitrogens is 1. The van der Waals surface area contributed by atoms with E-state index < -0.39 is 12.5 Å². The van der Waals surface area contributed by atoms with Crippen molar-refractivity contribution < 1.29 is 8.78 Å². The molecule has 0 spiro atoms. The van der Waals surface area contributed by atoms with Crippen molar-refractivity contribution in [3.8, 4) is 0 Å². The van der Waals surface area contributed by atoms with Crippen molar-refractivity contribution in [3.63, 3.8) is 0 Å². The Hall–Kier alpha value is -1.03. The van der Waals surface area contributed by atoms with Crippen LogP contribution >= 0.6 is 0 Å². The summed E-state index contributed by atoms with van der Waals surface area (Å²) >= 11 is 0. The molecule has 0 aromatic carbocycles. The smallest absolute Gasteiger partial charge is 0.253 e. The molecule has 4 heteroatoms. The molecule has 1 N–H and O–H groups in total. The van der Waals surface area contributed by atoms with Crippen LogP contribution in [0.1, 0.15) is 18.3 Å². The summed E-state index contributed by atoms with van der Waals surface area (Å²) < 4.78 is 24.3. The standard InChI is InChI=1S/C10H14F2N2/c1-7-4-3-5-9(14-7)6-13-8(2)10(11)12/h3-5,8,10,13H,6H2,1-2H3. The third-order valence-electron chi connectivity index (χ3n) is 1.93. The van der Waals surface area contributed by atoms with Gasteiger partial charge in [0.2, 0.25) is 0 Å². The molecule has 1 heterocycles. The van der Waals surface area contributed by atoms with Crippen molar-refractivity contribution in [2.75, 3.05) is 0 Å². The average Bonchev–Trinajstić information content (AvgIpc) is 2.14. The van der Waals surface area contributed by atoms with E-state index in [2.05, 4.69) is 10.3 Å². The Bertz CT molecular complexity index is 289. The lowest BCUT2D eigenvalue weighted by atomic mass is 10.3. The predicted molar refractivity (Wildman–Crippen MR) is 51.3 cm³/mol. The summed E-state index contributed by atoms with van der Waals surface area (Å²) in [4.78, 5) is 4.20. The summed E-state index contributed by atoms with van der Waals surface area (Å²) in [5.74, 6) is 0. The van der Waals surface area contributed by atoms with Gasteiger partial charge in [-0.15, -0.1) is 0 Å². The Balaban J connectivity index is 2.45. The zero-order valence-electron chi connectivity index (χ0n) is 8.30. The van der Waals surface area contributed by atoms with Gasteiger partial charge in [0.1, 0.15) is 0 Å². The maximum atomic E-state index is 12.1. The minimum absolute atomic E-state index is 0.382. The second kappa shape index (κ2) is 5.00. The van der Waals surface area contributed by atoms with E-state index in [1.54, 1.807) is 0 Å². The van der Waals surface area contributed by atoms with Crippen LogP contribution in [0.5, 0.6) is 0 Å². The number of rotatable bonds is 4. The highest BCUT2D eigenvalue weighted by atomic mass is 19.3. The van der Waals surface area contributed by atoms with Gasteiger partial charge in [-0.2, -0.15) is 0 Å². The molecule has 0 aliphatic rings. The number of alkyl halides is 2. The van der Waals surface area contributed by atoms with Gasteiger partial charge < -0.3 is 5.32 Å². The fourth-order valence-corrected chi connectivity index (χ4v) is 1.05. The summed E-state index contributed by atoms with van der Waals surface area (Å²) in [6, 6.07) is 4.77. The van der Waals surface area contributed by atoms with Gasteiger partial charge in [-0.1, -0.05) is 6.07 Å². The SMILES string of the molecule is Cc1cccc(CNC(C)C(F)F)n1. The Morgan fingerprint density at radius 2 is 2.14 bits per heavy atom. The lowest BCUT2D eigenvalue weighted by molar-refractivity contribution is 0.105. The van der Waals surface area contributed by atoms with Gasteiger partial charge in [0, 0.05) is 12.2 Å². The van der Waals surface area contributed by atoms with Crippen LogP contribution in [0.3, 0.4) is 0 Å². The molecule has 0 aliphatic heterocycles. The number of hydrogen-bond acceptors (Lipinski definition) is 2. The molecule has 0 amide bonds. The number of halogens is 2. The van der Waals surface area contributed by atoms with Crippen LogP contribution in [-0.4, -0.2) is 17.5 Å². The molecule has 78 valence electrons. The van der Waals surface area contributed by atoms with Crippen molar-refractivity contribution in [1.82, 2.24) is 10.3 Å². The third kappa shape index (κ3) is 3.38. The lowest BCUT2D eigenvalue weighted by Gasteiger charge is -2.11. The van der Waals surface area contributed by atoms with E-state index in [0.717, 1.165) is 11.4 Å². The molecule has 1 aromatic rings. The first-order chi connectivity index (χ1) is 6.59. The Morgan fingerprint density at radius 3 is 2.71 bits per heavy atom. The molecule has 0 fully saturated rings. The van der Waals surface area contributed by atoms with Crippen LogP contribution in [0, 0.1) is 6.92 Å². The summed E-state index contributed by atoms with van der Waals surface area (Å²) in [7, 11) is 0. The first-order valence-electron chi connectivity index (χ1n) is 4.53. The summed E-state index contributed by atoms with van der Waals surface area (Å²) in [5.41, 5.74) is 1.69. The topological polar surface area (TPSA) is 24.9 Å². The van der Waals surface area contributed by atoms with Gasteiger partial charge in [-0.3, -0.25) is 4.98 Å². The maximum Gasteiger partial charge on any atom is 0.253 e. The maximum absolute atomic E-state index is 12.1.